The van der Waals surface area contributed by atoms with Crippen LogP contribution >= 0.6 is 11.3 Å². The summed E-state index contributed by atoms with van der Waals surface area (Å²) in [6.45, 7) is 1.84. The van der Waals surface area contributed by atoms with Crippen molar-refractivity contribution in [2.45, 2.75) is 25.9 Å². The molecule has 0 spiro atoms. The molecule has 1 aromatic carbocycles. The maximum atomic E-state index is 9.24. The van der Waals surface area contributed by atoms with Gasteiger partial charge < -0.3 is 5.11 Å². The van der Waals surface area contributed by atoms with Gasteiger partial charge in [0, 0.05) is 9.75 Å². The first-order valence-corrected chi connectivity index (χ1v) is 6.39. The number of rotatable bonds is 4. The Morgan fingerprint density at radius 2 is 1.88 bits per heavy atom. The molecule has 0 saturated heterocycles. The van der Waals surface area contributed by atoms with Gasteiger partial charge in [-0.1, -0.05) is 30.3 Å². The summed E-state index contributed by atoms with van der Waals surface area (Å²) in [6.07, 6.45) is 1.60. The van der Waals surface area contributed by atoms with Gasteiger partial charge in [0.05, 0.1) is 6.10 Å². The van der Waals surface area contributed by atoms with E-state index in [9.17, 15) is 5.11 Å². The molecular formula is C14H16OS. The monoisotopic (exact) mass is 232 g/mol. The number of aliphatic hydroxyl groups is 1. The highest BCUT2D eigenvalue weighted by atomic mass is 32.1. The van der Waals surface area contributed by atoms with Crippen molar-refractivity contribution in [1.82, 2.24) is 0 Å². The van der Waals surface area contributed by atoms with Crippen LogP contribution in [0.3, 0.4) is 0 Å². The van der Waals surface area contributed by atoms with E-state index in [1.54, 1.807) is 0 Å². The molecule has 0 aliphatic carbocycles. The molecule has 1 heterocycles. The Labute approximate surface area is 100 Å². The van der Waals surface area contributed by atoms with Gasteiger partial charge in [0.2, 0.25) is 0 Å². The van der Waals surface area contributed by atoms with Gasteiger partial charge in [0.1, 0.15) is 0 Å². The molecule has 1 nitrogen and oxygen atoms in total. The number of benzene rings is 1. The molecule has 0 saturated carbocycles. The van der Waals surface area contributed by atoms with E-state index in [4.69, 9.17) is 0 Å². The fourth-order valence-electron chi connectivity index (χ4n) is 1.62. The minimum atomic E-state index is -0.206. The van der Waals surface area contributed by atoms with Crippen LogP contribution in [0, 0.1) is 0 Å². The Hall–Kier alpha value is -1.12. The van der Waals surface area contributed by atoms with Crippen LogP contribution in [0.1, 0.15) is 18.2 Å². The smallest absolute Gasteiger partial charge is 0.0515 e. The van der Waals surface area contributed by atoms with Gasteiger partial charge in [-0.05, 0) is 37.5 Å². The average Bonchev–Trinajstić information content (AvgIpc) is 2.76. The van der Waals surface area contributed by atoms with E-state index in [1.165, 1.54) is 15.3 Å². The lowest BCUT2D eigenvalue weighted by atomic mass is 10.2. The third-order valence-corrected chi connectivity index (χ3v) is 3.72. The summed E-state index contributed by atoms with van der Waals surface area (Å²) in [4.78, 5) is 2.65. The molecule has 84 valence electrons. The lowest BCUT2D eigenvalue weighted by molar-refractivity contribution is 0.185. The fraction of sp³-hybridized carbons (Fsp3) is 0.286. The highest BCUT2D eigenvalue weighted by Crippen LogP contribution is 2.28. The van der Waals surface area contributed by atoms with Crippen LogP contribution in [-0.4, -0.2) is 11.2 Å². The van der Waals surface area contributed by atoms with Crippen LogP contribution in [0.15, 0.2) is 42.5 Å². The molecule has 0 unspecified atom stereocenters. The Kier molecular flexibility index (Phi) is 3.75. The molecule has 0 fully saturated rings. The first kappa shape index (κ1) is 11.4. The predicted octanol–water partition coefficient (Wildman–Crippen LogP) is 3.73. The van der Waals surface area contributed by atoms with Gasteiger partial charge in [-0.15, -0.1) is 11.3 Å². The first-order chi connectivity index (χ1) is 7.75. The standard InChI is InChI=1S/C14H16OS/c1-11(15)7-8-13-9-10-14(16-13)12-5-3-2-4-6-12/h2-6,9-11,15H,7-8H2,1H3/t11-/m0/s1. The molecule has 0 aliphatic heterocycles. The SMILES string of the molecule is C[C@H](O)CCc1ccc(-c2ccccc2)s1. The van der Waals surface area contributed by atoms with E-state index in [1.807, 2.05) is 24.3 Å². The van der Waals surface area contributed by atoms with E-state index < -0.39 is 0 Å². The van der Waals surface area contributed by atoms with Crippen LogP contribution in [0.2, 0.25) is 0 Å². The van der Waals surface area contributed by atoms with Crippen molar-refractivity contribution in [2.24, 2.45) is 0 Å². The Morgan fingerprint density at radius 3 is 2.56 bits per heavy atom. The van der Waals surface area contributed by atoms with E-state index in [0.29, 0.717) is 0 Å². The topological polar surface area (TPSA) is 20.2 Å². The number of aliphatic hydroxyl groups excluding tert-OH is 1. The van der Waals surface area contributed by atoms with Crippen molar-refractivity contribution in [3.05, 3.63) is 47.3 Å². The highest BCUT2D eigenvalue weighted by Gasteiger charge is 2.03. The predicted molar refractivity (Wildman–Crippen MR) is 69.8 cm³/mol. The third-order valence-electron chi connectivity index (χ3n) is 2.53. The molecular weight excluding hydrogens is 216 g/mol. The maximum Gasteiger partial charge on any atom is 0.0515 e. The van der Waals surface area contributed by atoms with Crippen LogP contribution < -0.4 is 0 Å². The van der Waals surface area contributed by atoms with Gasteiger partial charge in [-0.25, -0.2) is 0 Å². The zero-order valence-corrected chi connectivity index (χ0v) is 10.2. The summed E-state index contributed by atoms with van der Waals surface area (Å²) in [5.74, 6) is 0. The minimum absolute atomic E-state index is 0.206. The number of hydrogen-bond donors (Lipinski definition) is 1. The van der Waals surface area contributed by atoms with Gasteiger partial charge in [0.25, 0.3) is 0 Å². The molecule has 2 aromatic rings. The lowest BCUT2D eigenvalue weighted by Crippen LogP contribution is -1.99. The molecule has 2 heteroatoms. The van der Waals surface area contributed by atoms with Crippen LogP contribution in [0.4, 0.5) is 0 Å². The van der Waals surface area contributed by atoms with Crippen LogP contribution in [0.5, 0.6) is 0 Å². The Morgan fingerprint density at radius 1 is 1.12 bits per heavy atom. The normalized spacial score (nSPS) is 12.6. The molecule has 16 heavy (non-hydrogen) atoms. The second-order valence-electron chi connectivity index (χ2n) is 4.02. The van der Waals surface area contributed by atoms with Crippen molar-refractivity contribution >= 4 is 11.3 Å². The van der Waals surface area contributed by atoms with Gasteiger partial charge in [-0.3, -0.25) is 0 Å². The number of thiophene rings is 1. The molecule has 2 rings (SSSR count). The van der Waals surface area contributed by atoms with E-state index >= 15 is 0 Å². The second-order valence-corrected chi connectivity index (χ2v) is 5.19. The maximum absolute atomic E-state index is 9.24. The van der Waals surface area contributed by atoms with Crippen molar-refractivity contribution in [2.75, 3.05) is 0 Å². The molecule has 1 N–H and O–H groups in total. The molecule has 1 atom stereocenters. The summed E-state index contributed by atoms with van der Waals surface area (Å²) >= 11 is 1.82. The summed E-state index contributed by atoms with van der Waals surface area (Å²) in [5.41, 5.74) is 1.27. The van der Waals surface area contributed by atoms with E-state index in [2.05, 4.69) is 36.4 Å². The molecule has 0 bridgehead atoms. The fourth-order valence-corrected chi connectivity index (χ4v) is 2.65. The van der Waals surface area contributed by atoms with Crippen molar-refractivity contribution < 1.29 is 5.11 Å². The quantitative estimate of drug-likeness (QED) is 0.851. The Bertz CT molecular complexity index is 431. The second kappa shape index (κ2) is 5.28. The number of hydrogen-bond acceptors (Lipinski definition) is 2. The van der Waals surface area contributed by atoms with Crippen molar-refractivity contribution in [3.63, 3.8) is 0 Å². The van der Waals surface area contributed by atoms with E-state index in [-0.39, 0.29) is 6.10 Å². The number of aryl methyl sites for hydroxylation is 1. The van der Waals surface area contributed by atoms with Crippen LogP contribution in [0.25, 0.3) is 10.4 Å². The van der Waals surface area contributed by atoms with Gasteiger partial charge in [0.15, 0.2) is 0 Å². The zero-order chi connectivity index (χ0) is 11.4. The van der Waals surface area contributed by atoms with Crippen molar-refractivity contribution in [1.29, 1.82) is 0 Å². The average molecular weight is 232 g/mol. The molecule has 0 aliphatic rings. The summed E-state index contributed by atoms with van der Waals surface area (Å²) in [6, 6.07) is 14.7. The van der Waals surface area contributed by atoms with Gasteiger partial charge in [-0.2, -0.15) is 0 Å². The van der Waals surface area contributed by atoms with Crippen molar-refractivity contribution in [3.8, 4) is 10.4 Å². The third kappa shape index (κ3) is 2.94. The first-order valence-electron chi connectivity index (χ1n) is 5.58. The zero-order valence-electron chi connectivity index (χ0n) is 9.39. The Balaban J connectivity index is 2.08. The summed E-state index contributed by atoms with van der Waals surface area (Å²) in [5, 5.41) is 9.24. The minimum Gasteiger partial charge on any atom is -0.393 e. The molecule has 0 amide bonds. The highest BCUT2D eigenvalue weighted by molar-refractivity contribution is 7.15. The lowest BCUT2D eigenvalue weighted by Gasteiger charge is -2.00. The van der Waals surface area contributed by atoms with Gasteiger partial charge >= 0.3 is 0 Å². The molecule has 1 aromatic heterocycles. The molecule has 0 radical (unpaired) electrons. The summed E-state index contributed by atoms with van der Waals surface area (Å²) < 4.78 is 0. The largest absolute Gasteiger partial charge is 0.393 e. The van der Waals surface area contributed by atoms with E-state index in [0.717, 1.165) is 12.8 Å². The summed E-state index contributed by atoms with van der Waals surface area (Å²) in [7, 11) is 0. The van der Waals surface area contributed by atoms with Crippen LogP contribution in [-0.2, 0) is 6.42 Å².